The SMILES string of the molecule is BrCCCBr.CCC[C@H]1N(C(=O)c2ncccc2C(F)(F)F)CCC[C@@]1(Oc1csc(C)c1)C(=O)N1CCC(O)(c2ccccc2OCCCC(C)(C)C(=O)O)CC1.CCOC(=O)C(C)(C)CCCBr.CCOC(=O)C(C)C. The molecule has 2 saturated heterocycles. The number of benzene rings is 1. The molecule has 0 unspecified atom stereocenters. The van der Waals surface area contributed by atoms with Crippen LogP contribution in [-0.4, -0.2) is 122 Å². The first-order chi connectivity index (χ1) is 36.7. The Bertz CT molecular complexity index is 2330. The Morgan fingerprint density at radius 2 is 1.46 bits per heavy atom. The second-order valence-corrected chi connectivity index (χ2v) is 24.2. The van der Waals surface area contributed by atoms with Crippen LogP contribution in [0.1, 0.15) is 159 Å². The van der Waals surface area contributed by atoms with Gasteiger partial charge in [-0.2, -0.15) is 13.2 Å². The second-order valence-electron chi connectivity index (χ2n) is 20.7. The number of carboxylic acids is 1. The van der Waals surface area contributed by atoms with E-state index in [9.17, 15) is 47.4 Å². The van der Waals surface area contributed by atoms with Gasteiger partial charge >= 0.3 is 24.1 Å². The Labute approximate surface area is 489 Å². The van der Waals surface area contributed by atoms with Crippen molar-refractivity contribution in [2.75, 3.05) is 55.4 Å². The molecular formula is C57H83Br3F3N3O11S. The van der Waals surface area contributed by atoms with E-state index in [0.29, 0.717) is 62.4 Å². The lowest BCUT2D eigenvalue weighted by molar-refractivity contribution is -0.163. The number of nitrogens with zero attached hydrogens (tertiary/aromatic N) is 3. The number of esters is 2. The number of ether oxygens (including phenoxy) is 4. The van der Waals surface area contributed by atoms with Gasteiger partial charge in [0.1, 0.15) is 17.2 Å². The number of alkyl halides is 6. The van der Waals surface area contributed by atoms with Gasteiger partial charge < -0.3 is 39.0 Å². The highest BCUT2D eigenvalue weighted by atomic mass is 79.9. The highest BCUT2D eigenvalue weighted by molar-refractivity contribution is 9.09. The Hall–Kier alpha value is -3.79. The van der Waals surface area contributed by atoms with Crippen molar-refractivity contribution in [3.63, 3.8) is 0 Å². The second kappa shape index (κ2) is 33.8. The number of piperidine rings is 2. The van der Waals surface area contributed by atoms with Crippen molar-refractivity contribution in [3.05, 3.63) is 75.7 Å². The number of hydrogen-bond donors (Lipinski definition) is 2. The predicted octanol–water partition coefficient (Wildman–Crippen LogP) is 13.6. The summed E-state index contributed by atoms with van der Waals surface area (Å²) in [6.45, 7) is 19.9. The lowest BCUT2D eigenvalue weighted by Crippen LogP contribution is -2.68. The maximum Gasteiger partial charge on any atom is 0.418 e. The Morgan fingerprint density at radius 3 is 1.97 bits per heavy atom. The lowest BCUT2D eigenvalue weighted by Gasteiger charge is -2.51. The summed E-state index contributed by atoms with van der Waals surface area (Å²) in [5.74, 6) is -1.46. The molecule has 3 aromatic rings. The first-order valence-corrected chi connectivity index (χ1v) is 31.0. The number of aliphatic hydroxyl groups is 1. The first-order valence-electron chi connectivity index (χ1n) is 26.7. The van der Waals surface area contributed by atoms with E-state index < -0.39 is 52.0 Å². The van der Waals surface area contributed by atoms with E-state index in [0.717, 1.165) is 52.0 Å². The summed E-state index contributed by atoms with van der Waals surface area (Å²) >= 11 is 11.3. The lowest BCUT2D eigenvalue weighted by atomic mass is 9.78. The number of aryl methyl sites for hydroxylation is 1. The van der Waals surface area contributed by atoms with Crippen molar-refractivity contribution in [1.82, 2.24) is 14.8 Å². The molecule has 2 N–H and O–H groups in total. The number of rotatable bonds is 22. The summed E-state index contributed by atoms with van der Waals surface area (Å²) in [6, 6.07) is 10.0. The average molecular weight is 1320 g/mol. The van der Waals surface area contributed by atoms with Crippen LogP contribution < -0.4 is 9.47 Å². The van der Waals surface area contributed by atoms with Crippen LogP contribution in [0.5, 0.6) is 11.5 Å². The van der Waals surface area contributed by atoms with Gasteiger partial charge in [-0.05, 0) is 131 Å². The quantitative estimate of drug-likeness (QED) is 0.0552. The van der Waals surface area contributed by atoms with Gasteiger partial charge in [-0.15, -0.1) is 11.3 Å². The van der Waals surface area contributed by atoms with E-state index >= 15 is 0 Å². The predicted molar refractivity (Wildman–Crippen MR) is 310 cm³/mol. The number of carbonyl (C=O) groups excluding carboxylic acids is 4. The zero-order valence-electron chi connectivity index (χ0n) is 47.1. The monoisotopic (exact) mass is 1310 g/mol. The van der Waals surface area contributed by atoms with Gasteiger partial charge in [-0.3, -0.25) is 29.0 Å². The summed E-state index contributed by atoms with van der Waals surface area (Å²) in [7, 11) is 0. The van der Waals surface area contributed by atoms with Crippen molar-refractivity contribution >= 4 is 88.8 Å². The van der Waals surface area contributed by atoms with E-state index in [1.54, 1.807) is 61.4 Å². The van der Waals surface area contributed by atoms with Gasteiger partial charge in [-0.1, -0.05) is 93.2 Å². The number of para-hydroxylation sites is 1. The summed E-state index contributed by atoms with van der Waals surface area (Å²) in [4.78, 5) is 70.1. The van der Waals surface area contributed by atoms with Crippen LogP contribution >= 0.6 is 59.1 Å². The fraction of sp³-hybridized carbons (Fsp3) is 0.649. The number of amides is 2. The van der Waals surface area contributed by atoms with Crippen LogP contribution in [0, 0.1) is 23.7 Å². The first kappa shape index (κ1) is 70.3. The van der Waals surface area contributed by atoms with Gasteiger partial charge in [-0.25, -0.2) is 0 Å². The number of pyridine rings is 1. The van der Waals surface area contributed by atoms with Crippen molar-refractivity contribution < 1.29 is 66.3 Å². The molecule has 0 radical (unpaired) electrons. The van der Waals surface area contributed by atoms with Crippen molar-refractivity contribution in [1.29, 1.82) is 0 Å². The number of hydrogen-bond acceptors (Lipinski definition) is 12. The molecule has 0 saturated carbocycles. The zero-order valence-corrected chi connectivity index (χ0v) is 52.7. The normalized spacial score (nSPS) is 17.2. The largest absolute Gasteiger partial charge is 0.493 e. The topological polar surface area (TPSA) is 182 Å². The van der Waals surface area contributed by atoms with E-state index in [1.165, 1.54) is 22.7 Å². The molecule has 440 valence electrons. The van der Waals surface area contributed by atoms with Crippen LogP contribution in [0.3, 0.4) is 0 Å². The smallest absolute Gasteiger partial charge is 0.418 e. The van der Waals surface area contributed by atoms with Gasteiger partial charge in [0.25, 0.3) is 11.8 Å². The molecule has 21 heteroatoms. The molecule has 78 heavy (non-hydrogen) atoms. The molecule has 0 spiro atoms. The minimum absolute atomic E-state index is 0.00921. The highest BCUT2D eigenvalue weighted by Crippen LogP contribution is 2.43. The average Bonchev–Trinajstić information content (AvgIpc) is 3.81. The summed E-state index contributed by atoms with van der Waals surface area (Å²) in [6.07, 6.45) is 2.05. The van der Waals surface area contributed by atoms with Gasteiger partial charge in [0.2, 0.25) is 5.60 Å². The molecule has 2 amide bonds. The number of likely N-dealkylation sites (tertiary alicyclic amines) is 2. The van der Waals surface area contributed by atoms with Crippen LogP contribution in [0.4, 0.5) is 13.2 Å². The number of aromatic nitrogens is 1. The van der Waals surface area contributed by atoms with Gasteiger partial charge in [0, 0.05) is 64.1 Å². The third kappa shape index (κ3) is 21.3. The van der Waals surface area contributed by atoms with Crippen LogP contribution in [0.25, 0.3) is 0 Å². The molecule has 2 atom stereocenters. The van der Waals surface area contributed by atoms with Crippen LogP contribution in [0.15, 0.2) is 54.0 Å². The van der Waals surface area contributed by atoms with Crippen molar-refractivity contribution in [2.24, 2.45) is 16.7 Å². The molecular weight excluding hydrogens is 1230 g/mol. The maximum atomic E-state index is 14.9. The molecule has 0 aliphatic carbocycles. The van der Waals surface area contributed by atoms with Crippen molar-refractivity contribution in [3.8, 4) is 11.5 Å². The summed E-state index contributed by atoms with van der Waals surface area (Å²) in [5, 5.41) is 26.4. The minimum atomic E-state index is -4.81. The van der Waals surface area contributed by atoms with Crippen LogP contribution in [0.2, 0.25) is 0 Å². The Kier molecular flexibility index (Phi) is 30.5. The summed E-state index contributed by atoms with van der Waals surface area (Å²) in [5.41, 5.74) is -5.46. The molecule has 5 rings (SSSR count). The third-order valence-electron chi connectivity index (χ3n) is 13.2. The number of aliphatic carboxylic acids is 1. The number of thiophene rings is 1. The zero-order chi connectivity index (χ0) is 58.9. The molecule has 2 aliphatic heterocycles. The fourth-order valence-electron chi connectivity index (χ4n) is 8.72. The number of carboxylic acid groups (broad SMARTS) is 1. The van der Waals surface area contributed by atoms with Gasteiger partial charge in [0.05, 0.1) is 53.8 Å². The highest BCUT2D eigenvalue weighted by Gasteiger charge is 2.56. The molecule has 2 aliphatic rings. The third-order valence-corrected chi connectivity index (χ3v) is 15.7. The number of carbonyl (C=O) groups is 5. The molecule has 2 fully saturated rings. The number of halogens is 6. The van der Waals surface area contributed by atoms with Crippen molar-refractivity contribution in [2.45, 2.75) is 163 Å². The molecule has 14 nitrogen and oxygen atoms in total. The Balaban J connectivity index is 0.000000685. The molecule has 4 heterocycles. The fourth-order valence-corrected chi connectivity index (χ4v) is 10.9. The van der Waals surface area contributed by atoms with Gasteiger partial charge in [0.15, 0.2) is 0 Å². The van der Waals surface area contributed by atoms with E-state index in [2.05, 4.69) is 57.5 Å². The standard InChI is InChI=1S/C39H48F3N3O7S.C9H17BrO2.C6H12O2.C3H6Br2/c1-5-11-31-38(52-27-24-26(2)53-25-27,16-9-20-45(31)33(46)32-29(39(40,41)42)13-8-19-43-32)34(47)44-21-17-37(50,18-22-44)28-12-6-7-14-30(28)51-23-10-15-36(3,4)35(48)49;1-4-12-8(11)9(2,3)6-5-7-10;1-4-8-6(7)5(2)3;4-2-1-3-5/h6-8,12-14,19,24-25,31,50H,5,9-11,15-18,20-23H2,1-4H3,(H,48,49);4-7H2,1-3H3;5H,4H2,1-3H3;1-3H2/t31-,38+;;;/m1.../s1. The molecule has 0 bridgehead atoms. The van der Waals surface area contributed by atoms with E-state index in [4.69, 9.17) is 14.2 Å². The maximum absolute atomic E-state index is 14.9. The Morgan fingerprint density at radius 1 is 0.846 bits per heavy atom. The minimum Gasteiger partial charge on any atom is -0.493 e. The molecule has 2 aromatic heterocycles. The van der Waals surface area contributed by atoms with Crippen LogP contribution in [-0.2, 0) is 40.4 Å². The summed E-state index contributed by atoms with van der Waals surface area (Å²) < 4.78 is 64.5. The van der Waals surface area contributed by atoms with E-state index in [-0.39, 0.29) is 74.7 Å². The molecule has 1 aromatic carbocycles. The van der Waals surface area contributed by atoms with E-state index in [1.807, 2.05) is 48.5 Å².